The number of hydrogen-bond donors (Lipinski definition) is 1. The molecule has 1 aromatic carbocycles. The molecule has 1 rings (SSSR count). The highest BCUT2D eigenvalue weighted by Crippen LogP contribution is 2.20. The van der Waals surface area contributed by atoms with Crippen LogP contribution in [0.15, 0.2) is 36.4 Å². The molecule has 0 saturated carbocycles. The van der Waals surface area contributed by atoms with E-state index in [0.717, 1.165) is 5.56 Å². The number of allylic oxidation sites excluding steroid dienone is 2. The summed E-state index contributed by atoms with van der Waals surface area (Å²) in [5, 5.41) is 9.71. The second-order valence-corrected chi connectivity index (χ2v) is 4.04. The first kappa shape index (κ1) is 12.8. The molecule has 0 aliphatic heterocycles. The summed E-state index contributed by atoms with van der Waals surface area (Å²) < 4.78 is 0. The fourth-order valence-corrected chi connectivity index (χ4v) is 1.71. The molecule has 0 spiro atoms. The van der Waals surface area contributed by atoms with E-state index in [1.54, 1.807) is 6.07 Å². The lowest BCUT2D eigenvalue weighted by Gasteiger charge is -2.11. The van der Waals surface area contributed by atoms with Gasteiger partial charge >= 0.3 is 5.97 Å². The van der Waals surface area contributed by atoms with E-state index in [1.165, 1.54) is 0 Å². The third-order valence-electron chi connectivity index (χ3n) is 2.43. The van der Waals surface area contributed by atoms with Crippen molar-refractivity contribution in [1.29, 1.82) is 0 Å². The summed E-state index contributed by atoms with van der Waals surface area (Å²) in [4.78, 5) is 11.0. The van der Waals surface area contributed by atoms with E-state index < -0.39 is 11.9 Å². The van der Waals surface area contributed by atoms with Gasteiger partial charge in [-0.3, -0.25) is 4.79 Å². The van der Waals surface area contributed by atoms with Crippen LogP contribution in [0.2, 0.25) is 5.02 Å². The largest absolute Gasteiger partial charge is 0.481 e. The summed E-state index contributed by atoms with van der Waals surface area (Å²) in [5.41, 5.74) is 0.890. The number of carboxylic acid groups (broad SMARTS) is 1. The van der Waals surface area contributed by atoms with Crippen LogP contribution < -0.4 is 0 Å². The molecule has 0 aliphatic rings. The minimum absolute atomic E-state index is 0.406. The van der Waals surface area contributed by atoms with E-state index in [0.29, 0.717) is 17.9 Å². The first-order valence-corrected chi connectivity index (χ1v) is 5.60. The highest BCUT2D eigenvalue weighted by atomic mass is 35.5. The van der Waals surface area contributed by atoms with Gasteiger partial charge in [-0.25, -0.2) is 0 Å². The normalized spacial score (nSPS) is 12.9. The van der Waals surface area contributed by atoms with Crippen molar-refractivity contribution in [2.24, 2.45) is 5.92 Å². The minimum atomic E-state index is -0.780. The average Bonchev–Trinajstić information content (AvgIpc) is 2.26. The molecule has 0 fully saturated rings. The van der Waals surface area contributed by atoms with E-state index in [9.17, 15) is 4.79 Å². The number of carboxylic acids is 1. The molecule has 1 unspecified atom stereocenters. The lowest BCUT2D eigenvalue weighted by atomic mass is 9.96. The third kappa shape index (κ3) is 3.70. The van der Waals surface area contributed by atoms with Crippen molar-refractivity contribution in [3.8, 4) is 0 Å². The lowest BCUT2D eigenvalue weighted by Crippen LogP contribution is -2.15. The number of benzene rings is 1. The monoisotopic (exact) mass is 238 g/mol. The van der Waals surface area contributed by atoms with Crippen LogP contribution in [0.5, 0.6) is 0 Å². The molecule has 16 heavy (non-hydrogen) atoms. The summed E-state index contributed by atoms with van der Waals surface area (Å²) in [7, 11) is 0. The summed E-state index contributed by atoms with van der Waals surface area (Å²) in [6, 6.07) is 7.36. The second kappa shape index (κ2) is 6.33. The molecule has 0 aliphatic carbocycles. The van der Waals surface area contributed by atoms with Crippen LogP contribution >= 0.6 is 11.6 Å². The fraction of sp³-hybridized carbons (Fsp3) is 0.308. The fourth-order valence-electron chi connectivity index (χ4n) is 1.50. The van der Waals surface area contributed by atoms with Crippen LogP contribution in [0.4, 0.5) is 0 Å². The topological polar surface area (TPSA) is 37.3 Å². The minimum Gasteiger partial charge on any atom is -0.481 e. The highest BCUT2D eigenvalue weighted by molar-refractivity contribution is 6.31. The van der Waals surface area contributed by atoms with Crippen LogP contribution in [-0.2, 0) is 11.2 Å². The Morgan fingerprint density at radius 1 is 1.50 bits per heavy atom. The molecule has 0 saturated heterocycles. The zero-order chi connectivity index (χ0) is 12.0. The first-order chi connectivity index (χ1) is 7.65. The van der Waals surface area contributed by atoms with Gasteiger partial charge in [0, 0.05) is 5.02 Å². The van der Waals surface area contributed by atoms with Crippen LogP contribution in [0.1, 0.15) is 18.9 Å². The van der Waals surface area contributed by atoms with E-state index in [-0.39, 0.29) is 0 Å². The maximum Gasteiger partial charge on any atom is 0.307 e. The zero-order valence-electron chi connectivity index (χ0n) is 9.19. The van der Waals surface area contributed by atoms with Crippen molar-refractivity contribution in [2.75, 3.05) is 0 Å². The van der Waals surface area contributed by atoms with Gasteiger partial charge in [0.15, 0.2) is 0 Å². The lowest BCUT2D eigenvalue weighted by molar-refractivity contribution is -0.141. The predicted molar refractivity (Wildman–Crippen MR) is 65.7 cm³/mol. The summed E-state index contributed by atoms with van der Waals surface area (Å²) >= 11 is 6.00. The van der Waals surface area contributed by atoms with Gasteiger partial charge in [0.2, 0.25) is 0 Å². The van der Waals surface area contributed by atoms with Gasteiger partial charge in [-0.15, -0.1) is 0 Å². The van der Waals surface area contributed by atoms with E-state index in [2.05, 4.69) is 0 Å². The van der Waals surface area contributed by atoms with Crippen LogP contribution in [-0.4, -0.2) is 11.1 Å². The van der Waals surface area contributed by atoms with Crippen LogP contribution in [0.3, 0.4) is 0 Å². The SMILES string of the molecule is CC=CCC(Cc1ccccc1Cl)C(=O)O. The molecule has 1 atom stereocenters. The molecule has 0 aromatic heterocycles. The molecule has 1 aromatic rings. The van der Waals surface area contributed by atoms with Crippen molar-refractivity contribution < 1.29 is 9.90 Å². The molecule has 0 heterocycles. The maximum atomic E-state index is 11.0. The van der Waals surface area contributed by atoms with Gasteiger partial charge in [-0.05, 0) is 31.4 Å². The second-order valence-electron chi connectivity index (χ2n) is 3.64. The standard InChI is InChI=1S/C13H15ClO2/c1-2-3-6-11(13(15)16)9-10-7-4-5-8-12(10)14/h2-5,7-8,11H,6,9H2,1H3,(H,15,16). The van der Waals surface area contributed by atoms with Crippen molar-refractivity contribution in [1.82, 2.24) is 0 Å². The highest BCUT2D eigenvalue weighted by Gasteiger charge is 2.17. The van der Waals surface area contributed by atoms with Crippen molar-refractivity contribution in [3.05, 3.63) is 47.0 Å². The predicted octanol–water partition coefficient (Wildman–Crippen LogP) is 3.55. The number of rotatable bonds is 5. The molecule has 86 valence electrons. The van der Waals surface area contributed by atoms with Crippen LogP contribution in [0, 0.1) is 5.92 Å². The van der Waals surface area contributed by atoms with Gasteiger partial charge in [0.1, 0.15) is 0 Å². The summed E-state index contributed by atoms with van der Waals surface area (Å²) in [5.74, 6) is -1.19. The van der Waals surface area contributed by atoms with Crippen LogP contribution in [0.25, 0.3) is 0 Å². The quantitative estimate of drug-likeness (QED) is 0.797. The van der Waals surface area contributed by atoms with E-state index in [4.69, 9.17) is 16.7 Å². The number of aliphatic carboxylic acids is 1. The summed E-state index contributed by atoms with van der Waals surface area (Å²) in [6.07, 6.45) is 4.74. The molecular formula is C13H15ClO2. The number of halogens is 1. The van der Waals surface area contributed by atoms with Gasteiger partial charge < -0.3 is 5.11 Å². The molecule has 3 heteroatoms. The molecule has 0 amide bonds. The van der Waals surface area contributed by atoms with Crippen molar-refractivity contribution in [2.45, 2.75) is 19.8 Å². The maximum absolute atomic E-state index is 11.0. The van der Waals surface area contributed by atoms with Crippen molar-refractivity contribution in [3.63, 3.8) is 0 Å². The van der Waals surface area contributed by atoms with Crippen molar-refractivity contribution >= 4 is 17.6 Å². The van der Waals surface area contributed by atoms with Gasteiger partial charge in [0.05, 0.1) is 5.92 Å². The average molecular weight is 239 g/mol. The van der Waals surface area contributed by atoms with Gasteiger partial charge in [-0.1, -0.05) is 42.0 Å². The molecule has 1 N–H and O–H groups in total. The molecule has 0 bridgehead atoms. The first-order valence-electron chi connectivity index (χ1n) is 5.22. The Labute approximate surface area is 101 Å². The number of carbonyl (C=O) groups is 1. The Bertz CT molecular complexity index is 385. The van der Waals surface area contributed by atoms with E-state index in [1.807, 2.05) is 37.3 Å². The Kier molecular flexibility index (Phi) is 5.06. The number of hydrogen-bond acceptors (Lipinski definition) is 1. The Balaban J connectivity index is 2.75. The molecule has 2 nitrogen and oxygen atoms in total. The zero-order valence-corrected chi connectivity index (χ0v) is 9.95. The molecule has 0 radical (unpaired) electrons. The Morgan fingerprint density at radius 3 is 2.75 bits per heavy atom. The Morgan fingerprint density at radius 2 is 2.19 bits per heavy atom. The van der Waals surface area contributed by atoms with E-state index >= 15 is 0 Å². The van der Waals surface area contributed by atoms with Gasteiger partial charge in [0.25, 0.3) is 0 Å². The van der Waals surface area contributed by atoms with Gasteiger partial charge in [-0.2, -0.15) is 0 Å². The summed E-state index contributed by atoms with van der Waals surface area (Å²) in [6.45, 7) is 1.88. The third-order valence-corrected chi connectivity index (χ3v) is 2.80. The smallest absolute Gasteiger partial charge is 0.307 e. The Hall–Kier alpha value is -1.28. The molecular weight excluding hydrogens is 224 g/mol.